The molecule has 1 atom stereocenters. The van der Waals surface area contributed by atoms with Crippen molar-refractivity contribution in [3.8, 4) is 0 Å². The minimum absolute atomic E-state index is 0.181. The molecule has 0 fully saturated rings. The molecule has 7 heteroatoms. The van der Waals surface area contributed by atoms with Gasteiger partial charge in [-0.25, -0.2) is 0 Å². The van der Waals surface area contributed by atoms with Crippen LogP contribution in [-0.2, 0) is 17.8 Å². The maximum atomic E-state index is 12.8. The summed E-state index contributed by atoms with van der Waals surface area (Å²) < 4.78 is 7.07. The van der Waals surface area contributed by atoms with Crippen molar-refractivity contribution in [3.63, 3.8) is 0 Å². The fourth-order valence-corrected chi connectivity index (χ4v) is 3.16. The zero-order chi connectivity index (χ0) is 20.6. The number of hydrogen-bond donors (Lipinski definition) is 2. The van der Waals surface area contributed by atoms with Crippen molar-refractivity contribution in [2.24, 2.45) is 0 Å². The number of rotatable bonds is 9. The Morgan fingerprint density at radius 1 is 1.14 bits per heavy atom. The first kappa shape index (κ1) is 20.4. The third-order valence-electron chi connectivity index (χ3n) is 4.60. The van der Waals surface area contributed by atoms with Crippen LogP contribution in [0, 0.1) is 13.8 Å². The molecule has 152 valence electrons. The van der Waals surface area contributed by atoms with Crippen LogP contribution in [0.2, 0.25) is 0 Å². The molecule has 0 saturated heterocycles. The van der Waals surface area contributed by atoms with Gasteiger partial charge in [-0.3, -0.25) is 14.3 Å². The van der Waals surface area contributed by atoms with Crippen LogP contribution in [0.5, 0.6) is 0 Å². The van der Waals surface area contributed by atoms with Gasteiger partial charge in [-0.1, -0.05) is 30.3 Å². The van der Waals surface area contributed by atoms with E-state index in [1.165, 1.54) is 6.26 Å². The van der Waals surface area contributed by atoms with Gasteiger partial charge >= 0.3 is 0 Å². The molecule has 1 aromatic carbocycles. The van der Waals surface area contributed by atoms with E-state index in [4.69, 9.17) is 4.42 Å². The van der Waals surface area contributed by atoms with Crippen LogP contribution in [0.3, 0.4) is 0 Å². The van der Waals surface area contributed by atoms with E-state index in [-0.39, 0.29) is 11.7 Å². The van der Waals surface area contributed by atoms with Gasteiger partial charge in [-0.05, 0) is 44.0 Å². The van der Waals surface area contributed by atoms with Gasteiger partial charge in [0.2, 0.25) is 5.91 Å². The van der Waals surface area contributed by atoms with Crippen molar-refractivity contribution in [1.29, 1.82) is 0 Å². The van der Waals surface area contributed by atoms with Gasteiger partial charge in [0.05, 0.1) is 12.0 Å². The molecule has 0 radical (unpaired) electrons. The molecule has 7 nitrogen and oxygen atoms in total. The zero-order valence-electron chi connectivity index (χ0n) is 16.7. The Bertz CT molecular complexity index is 932. The van der Waals surface area contributed by atoms with Gasteiger partial charge in [-0.15, -0.1) is 0 Å². The smallest absolute Gasteiger partial charge is 0.287 e. The summed E-state index contributed by atoms with van der Waals surface area (Å²) in [5.74, 6) is -0.448. The molecule has 0 spiro atoms. The second-order valence-corrected chi connectivity index (χ2v) is 6.99. The highest BCUT2D eigenvalue weighted by atomic mass is 16.3. The van der Waals surface area contributed by atoms with Crippen molar-refractivity contribution in [2.45, 2.75) is 39.3 Å². The van der Waals surface area contributed by atoms with E-state index >= 15 is 0 Å². The summed E-state index contributed by atoms with van der Waals surface area (Å²) in [6, 6.07) is 14.1. The van der Waals surface area contributed by atoms with Crippen LogP contribution in [0.15, 0.2) is 59.2 Å². The zero-order valence-corrected chi connectivity index (χ0v) is 16.7. The number of carbonyl (C=O) groups is 2. The normalized spacial score (nSPS) is 11.8. The highest BCUT2D eigenvalue weighted by Crippen LogP contribution is 2.07. The molecular formula is C22H26N4O3. The Hall–Kier alpha value is -3.35. The van der Waals surface area contributed by atoms with Crippen LogP contribution in [0.4, 0.5) is 0 Å². The highest BCUT2D eigenvalue weighted by molar-refractivity contribution is 5.95. The van der Waals surface area contributed by atoms with Crippen LogP contribution in [0.1, 0.15) is 33.9 Å². The standard InChI is InChI=1S/C22H26N4O3/c1-16-14-17(2)26(25-16)12-7-11-23-21(27)19(15-18-8-4-3-5-9-18)24-22(28)20-10-6-13-29-20/h3-6,8-10,13-14,19H,7,11-12,15H2,1-2H3,(H,23,27)(H,24,28)/t19-/m0/s1. The summed E-state index contributed by atoms with van der Waals surface area (Å²) in [5.41, 5.74) is 3.05. The summed E-state index contributed by atoms with van der Waals surface area (Å²) >= 11 is 0. The molecule has 0 unspecified atom stereocenters. The lowest BCUT2D eigenvalue weighted by molar-refractivity contribution is -0.122. The second-order valence-electron chi connectivity index (χ2n) is 6.99. The third-order valence-corrected chi connectivity index (χ3v) is 4.60. The SMILES string of the molecule is Cc1cc(C)n(CCCNC(=O)[C@H](Cc2ccccc2)NC(=O)c2ccco2)n1. The average Bonchev–Trinajstić information content (AvgIpc) is 3.35. The van der Waals surface area contributed by atoms with Crippen molar-refractivity contribution in [3.05, 3.63) is 77.5 Å². The second kappa shape index (κ2) is 9.73. The molecule has 3 rings (SSSR count). The Balaban J connectivity index is 1.57. The summed E-state index contributed by atoms with van der Waals surface area (Å²) in [7, 11) is 0. The molecule has 0 bridgehead atoms. The first-order chi connectivity index (χ1) is 14.0. The van der Waals surface area contributed by atoms with E-state index in [0.29, 0.717) is 13.0 Å². The molecule has 0 saturated carbocycles. The first-order valence-electron chi connectivity index (χ1n) is 9.70. The summed E-state index contributed by atoms with van der Waals surface area (Å²) in [6.07, 6.45) is 2.58. The minimum atomic E-state index is -0.691. The fraction of sp³-hybridized carbons (Fsp3) is 0.318. The van der Waals surface area contributed by atoms with Gasteiger partial charge < -0.3 is 15.1 Å². The summed E-state index contributed by atoms with van der Waals surface area (Å²) in [5, 5.41) is 10.1. The molecule has 29 heavy (non-hydrogen) atoms. The van der Waals surface area contributed by atoms with Crippen LogP contribution in [-0.4, -0.2) is 34.2 Å². The highest BCUT2D eigenvalue weighted by Gasteiger charge is 2.22. The maximum absolute atomic E-state index is 12.8. The number of nitrogens with one attached hydrogen (secondary N) is 2. The minimum Gasteiger partial charge on any atom is -0.459 e. The number of carbonyl (C=O) groups excluding carboxylic acids is 2. The van der Waals surface area contributed by atoms with E-state index in [9.17, 15) is 9.59 Å². The average molecular weight is 394 g/mol. The van der Waals surface area contributed by atoms with E-state index in [0.717, 1.165) is 29.9 Å². The molecule has 0 aliphatic carbocycles. The lowest BCUT2D eigenvalue weighted by atomic mass is 10.0. The number of nitrogens with zero attached hydrogens (tertiary/aromatic N) is 2. The van der Waals surface area contributed by atoms with Crippen molar-refractivity contribution < 1.29 is 14.0 Å². The number of furan rings is 1. The van der Waals surface area contributed by atoms with Crippen molar-refractivity contribution in [1.82, 2.24) is 20.4 Å². The van der Waals surface area contributed by atoms with Gasteiger partial charge in [-0.2, -0.15) is 5.10 Å². The number of hydrogen-bond acceptors (Lipinski definition) is 4. The predicted molar refractivity (Wildman–Crippen MR) is 109 cm³/mol. The van der Waals surface area contributed by atoms with E-state index in [1.54, 1.807) is 12.1 Å². The maximum Gasteiger partial charge on any atom is 0.287 e. The van der Waals surface area contributed by atoms with Gasteiger partial charge in [0.15, 0.2) is 5.76 Å². The molecule has 2 amide bonds. The Kier molecular flexibility index (Phi) is 6.84. The molecule has 2 heterocycles. The summed E-state index contributed by atoms with van der Waals surface area (Å²) in [6.45, 7) is 5.20. The van der Waals surface area contributed by atoms with E-state index < -0.39 is 11.9 Å². The Morgan fingerprint density at radius 2 is 1.93 bits per heavy atom. The largest absolute Gasteiger partial charge is 0.459 e. The number of amides is 2. The molecule has 0 aliphatic rings. The van der Waals surface area contributed by atoms with Gasteiger partial charge in [0.1, 0.15) is 6.04 Å². The topological polar surface area (TPSA) is 89.2 Å². The number of benzene rings is 1. The van der Waals surface area contributed by atoms with Crippen molar-refractivity contribution in [2.75, 3.05) is 6.54 Å². The molecule has 2 N–H and O–H groups in total. The quantitative estimate of drug-likeness (QED) is 0.546. The van der Waals surface area contributed by atoms with Gasteiger partial charge in [0, 0.05) is 25.2 Å². The van der Waals surface area contributed by atoms with Gasteiger partial charge in [0.25, 0.3) is 5.91 Å². The summed E-state index contributed by atoms with van der Waals surface area (Å²) in [4.78, 5) is 25.1. The van der Waals surface area contributed by atoms with Crippen LogP contribution >= 0.6 is 0 Å². The lowest BCUT2D eigenvalue weighted by Gasteiger charge is -2.18. The molecule has 2 aromatic heterocycles. The first-order valence-corrected chi connectivity index (χ1v) is 9.70. The van der Waals surface area contributed by atoms with Crippen LogP contribution < -0.4 is 10.6 Å². The fourth-order valence-electron chi connectivity index (χ4n) is 3.16. The molecule has 3 aromatic rings. The van der Waals surface area contributed by atoms with E-state index in [2.05, 4.69) is 15.7 Å². The Labute approximate surface area is 170 Å². The lowest BCUT2D eigenvalue weighted by Crippen LogP contribution is -2.48. The molecular weight excluding hydrogens is 368 g/mol. The molecule has 0 aliphatic heterocycles. The predicted octanol–water partition coefficient (Wildman–Crippen LogP) is 2.64. The number of aryl methyl sites for hydroxylation is 3. The monoisotopic (exact) mass is 394 g/mol. The van der Waals surface area contributed by atoms with Crippen molar-refractivity contribution >= 4 is 11.8 Å². The number of aromatic nitrogens is 2. The third kappa shape index (κ3) is 5.81. The van der Waals surface area contributed by atoms with Crippen LogP contribution in [0.25, 0.3) is 0 Å². The Morgan fingerprint density at radius 3 is 2.59 bits per heavy atom. The van der Waals surface area contributed by atoms with E-state index in [1.807, 2.05) is 54.9 Å².